The molecule has 3 N–H and O–H groups in total. The van der Waals surface area contributed by atoms with E-state index in [1.807, 2.05) is 18.2 Å². The molecule has 1 aliphatic carbocycles. The van der Waals surface area contributed by atoms with Gasteiger partial charge >= 0.3 is 0 Å². The number of anilines is 1. The number of nitrogens with one attached hydrogen (secondary N) is 3. The number of aromatic amines is 1. The van der Waals surface area contributed by atoms with Gasteiger partial charge in [-0.3, -0.25) is 9.89 Å². The molecule has 8 heteroatoms. The van der Waals surface area contributed by atoms with Crippen molar-refractivity contribution >= 4 is 34.2 Å². The fraction of sp³-hybridized carbons (Fsp3) is 0.286. The first-order chi connectivity index (χ1) is 14.1. The number of nitrogens with zero attached hydrogens (tertiary/aromatic N) is 2. The van der Waals surface area contributed by atoms with Crippen molar-refractivity contribution in [1.29, 1.82) is 5.26 Å². The molecule has 1 fully saturated rings. The third-order valence-electron chi connectivity index (χ3n) is 5.25. The van der Waals surface area contributed by atoms with E-state index >= 15 is 0 Å². The lowest BCUT2D eigenvalue weighted by Crippen LogP contribution is -2.46. The number of carbonyl (C=O) groups is 1. The zero-order chi connectivity index (χ0) is 20.4. The summed E-state index contributed by atoms with van der Waals surface area (Å²) in [6, 6.07) is 13.1. The Labute approximate surface area is 172 Å². The summed E-state index contributed by atoms with van der Waals surface area (Å²) in [6.07, 6.45) is 1.38. The van der Waals surface area contributed by atoms with Crippen LogP contribution in [0.15, 0.2) is 36.4 Å². The Kier molecular flexibility index (Phi) is 5.47. The third kappa shape index (κ3) is 3.95. The molecule has 29 heavy (non-hydrogen) atoms. The molecule has 0 atom stereocenters. The maximum absolute atomic E-state index is 12.5. The second kappa shape index (κ2) is 8.19. The van der Waals surface area contributed by atoms with Gasteiger partial charge in [0.25, 0.3) is 0 Å². The van der Waals surface area contributed by atoms with Crippen molar-refractivity contribution in [2.75, 3.05) is 18.5 Å². The van der Waals surface area contributed by atoms with Gasteiger partial charge in [0.15, 0.2) is 5.82 Å². The molecule has 4 rings (SSSR count). The van der Waals surface area contributed by atoms with Crippen LogP contribution >= 0.6 is 11.6 Å². The normalized spacial score (nSPS) is 18.2. The lowest BCUT2D eigenvalue weighted by Gasteiger charge is -2.34. The zero-order valence-electron chi connectivity index (χ0n) is 15.5. The van der Waals surface area contributed by atoms with Gasteiger partial charge in [-0.25, -0.2) is 4.39 Å². The number of rotatable bonds is 6. The second-order valence-corrected chi connectivity index (χ2v) is 7.54. The first-order valence-electron chi connectivity index (χ1n) is 9.37. The van der Waals surface area contributed by atoms with E-state index in [4.69, 9.17) is 16.9 Å². The van der Waals surface area contributed by atoms with Crippen LogP contribution in [0.3, 0.4) is 0 Å². The molecule has 0 saturated heterocycles. The third-order valence-corrected chi connectivity index (χ3v) is 5.58. The fourth-order valence-corrected chi connectivity index (χ4v) is 3.80. The Morgan fingerprint density at radius 3 is 2.90 bits per heavy atom. The van der Waals surface area contributed by atoms with Gasteiger partial charge in [0, 0.05) is 34.5 Å². The highest BCUT2D eigenvalue weighted by Gasteiger charge is 2.34. The number of nitriles is 1. The van der Waals surface area contributed by atoms with Crippen LogP contribution in [-0.4, -0.2) is 35.4 Å². The van der Waals surface area contributed by atoms with E-state index in [1.54, 1.807) is 18.2 Å². The molecule has 148 valence electrons. The largest absolute Gasteiger partial charge is 0.311 e. The predicted molar refractivity (Wildman–Crippen MR) is 110 cm³/mol. The standard InChI is InChI=1S/C21H19ClFN5O/c22-18-3-1-12(11-24)7-16(18)13-2-4-19-17(10-13)20(28-27-19)26-21(29)14-8-15(9-14)25-6-5-23/h1-4,7,10,14-15,25H,5-6,8-9H2,(H2,26,27,28,29). The molecule has 0 unspecified atom stereocenters. The van der Waals surface area contributed by atoms with Gasteiger partial charge in [-0.2, -0.15) is 10.4 Å². The molecule has 0 spiro atoms. The molecule has 2 aromatic carbocycles. The molecule has 1 aromatic heterocycles. The topological polar surface area (TPSA) is 93.6 Å². The van der Waals surface area contributed by atoms with E-state index < -0.39 is 6.67 Å². The molecule has 1 amide bonds. The van der Waals surface area contributed by atoms with Crippen molar-refractivity contribution in [1.82, 2.24) is 15.5 Å². The van der Waals surface area contributed by atoms with Crippen LogP contribution in [0.1, 0.15) is 18.4 Å². The summed E-state index contributed by atoms with van der Waals surface area (Å²) in [5, 5.41) is 23.6. The van der Waals surface area contributed by atoms with Crippen molar-refractivity contribution in [3.8, 4) is 17.2 Å². The molecule has 1 saturated carbocycles. The first kappa shape index (κ1) is 19.4. The number of hydrogen-bond donors (Lipinski definition) is 3. The zero-order valence-corrected chi connectivity index (χ0v) is 16.3. The van der Waals surface area contributed by atoms with E-state index in [2.05, 4.69) is 26.9 Å². The highest BCUT2D eigenvalue weighted by atomic mass is 35.5. The SMILES string of the molecule is N#Cc1ccc(Cl)c(-c2ccc3[nH]nc(NC(=O)C4CC(NCCF)C4)c3c2)c1. The fourth-order valence-electron chi connectivity index (χ4n) is 3.57. The van der Waals surface area contributed by atoms with Crippen LogP contribution in [0.5, 0.6) is 0 Å². The average molecular weight is 412 g/mol. The minimum atomic E-state index is -0.407. The number of halogens is 2. The Bertz CT molecular complexity index is 1100. The van der Waals surface area contributed by atoms with Gasteiger partial charge in [0.2, 0.25) is 5.91 Å². The summed E-state index contributed by atoms with van der Waals surface area (Å²) in [5.41, 5.74) is 2.88. The van der Waals surface area contributed by atoms with Crippen molar-refractivity contribution in [2.45, 2.75) is 18.9 Å². The van der Waals surface area contributed by atoms with E-state index in [-0.39, 0.29) is 17.9 Å². The number of carbonyl (C=O) groups excluding carboxylic acids is 1. The van der Waals surface area contributed by atoms with Crippen LogP contribution in [0.2, 0.25) is 5.02 Å². The minimum Gasteiger partial charge on any atom is -0.311 e. The summed E-state index contributed by atoms with van der Waals surface area (Å²) in [6.45, 7) is -0.0857. The molecule has 1 aliphatic rings. The Hall–Kier alpha value is -2.95. The minimum absolute atomic E-state index is 0.0911. The number of aromatic nitrogens is 2. The first-order valence-corrected chi connectivity index (χ1v) is 9.75. The summed E-state index contributed by atoms with van der Waals surface area (Å²) in [4.78, 5) is 12.5. The average Bonchev–Trinajstić information content (AvgIpc) is 3.09. The second-order valence-electron chi connectivity index (χ2n) is 7.14. The monoisotopic (exact) mass is 411 g/mol. The molecule has 3 aromatic rings. The Morgan fingerprint density at radius 2 is 2.14 bits per heavy atom. The van der Waals surface area contributed by atoms with Crippen LogP contribution in [0.25, 0.3) is 22.0 Å². The lowest BCUT2D eigenvalue weighted by molar-refractivity contribution is -0.122. The summed E-state index contributed by atoms with van der Waals surface area (Å²) in [5.74, 6) is 0.259. The molecular weight excluding hydrogens is 393 g/mol. The van der Waals surface area contributed by atoms with E-state index in [0.717, 1.165) is 22.0 Å². The van der Waals surface area contributed by atoms with E-state index in [0.29, 0.717) is 35.8 Å². The molecular formula is C21H19ClFN5O. The van der Waals surface area contributed by atoms with Crippen molar-refractivity contribution in [2.24, 2.45) is 5.92 Å². The quantitative estimate of drug-likeness (QED) is 0.570. The number of H-pyrrole nitrogens is 1. The van der Waals surface area contributed by atoms with Crippen LogP contribution in [0.4, 0.5) is 10.2 Å². The molecule has 0 bridgehead atoms. The van der Waals surface area contributed by atoms with Gasteiger partial charge in [0.05, 0.1) is 17.1 Å². The Morgan fingerprint density at radius 1 is 1.31 bits per heavy atom. The van der Waals surface area contributed by atoms with E-state index in [9.17, 15) is 9.18 Å². The number of fused-ring (bicyclic) bond motifs is 1. The van der Waals surface area contributed by atoms with Gasteiger partial charge < -0.3 is 10.6 Å². The number of amides is 1. The van der Waals surface area contributed by atoms with Crippen LogP contribution < -0.4 is 10.6 Å². The van der Waals surface area contributed by atoms with Crippen molar-refractivity contribution < 1.29 is 9.18 Å². The highest BCUT2D eigenvalue weighted by molar-refractivity contribution is 6.33. The summed E-state index contributed by atoms with van der Waals surface area (Å²) >= 11 is 6.32. The van der Waals surface area contributed by atoms with Gasteiger partial charge in [0.1, 0.15) is 6.67 Å². The van der Waals surface area contributed by atoms with Crippen LogP contribution in [0, 0.1) is 17.2 Å². The van der Waals surface area contributed by atoms with Gasteiger partial charge in [-0.05, 0) is 48.7 Å². The van der Waals surface area contributed by atoms with Gasteiger partial charge in [-0.1, -0.05) is 17.7 Å². The molecule has 6 nitrogen and oxygen atoms in total. The van der Waals surface area contributed by atoms with Crippen LogP contribution in [-0.2, 0) is 4.79 Å². The highest BCUT2D eigenvalue weighted by Crippen LogP contribution is 2.33. The molecule has 0 aliphatic heterocycles. The maximum Gasteiger partial charge on any atom is 0.228 e. The lowest BCUT2D eigenvalue weighted by atomic mass is 9.79. The number of benzene rings is 2. The Balaban J connectivity index is 1.54. The van der Waals surface area contributed by atoms with Gasteiger partial charge in [-0.15, -0.1) is 0 Å². The number of alkyl halides is 1. The van der Waals surface area contributed by atoms with Crippen molar-refractivity contribution in [3.05, 3.63) is 47.0 Å². The molecule has 0 radical (unpaired) electrons. The number of hydrogen-bond acceptors (Lipinski definition) is 4. The van der Waals surface area contributed by atoms with Crippen molar-refractivity contribution in [3.63, 3.8) is 0 Å². The summed E-state index contributed by atoms with van der Waals surface area (Å²) in [7, 11) is 0. The maximum atomic E-state index is 12.5. The smallest absolute Gasteiger partial charge is 0.228 e. The predicted octanol–water partition coefficient (Wildman–Crippen LogP) is 4.03. The summed E-state index contributed by atoms with van der Waals surface area (Å²) < 4.78 is 12.2. The molecule has 1 heterocycles. The van der Waals surface area contributed by atoms with E-state index in [1.165, 1.54) is 0 Å².